The van der Waals surface area contributed by atoms with Crippen LogP contribution in [0.25, 0.3) is 16.8 Å². The molecule has 0 aromatic heterocycles. The Bertz CT molecular complexity index is 1640. The highest BCUT2D eigenvalue weighted by Crippen LogP contribution is 2.51. The van der Waals surface area contributed by atoms with Gasteiger partial charge in [0.05, 0.1) is 6.61 Å². The van der Waals surface area contributed by atoms with E-state index in [0.29, 0.717) is 0 Å². The second-order valence-corrected chi connectivity index (χ2v) is 12.3. The fourth-order valence-electron chi connectivity index (χ4n) is 6.79. The van der Waals surface area contributed by atoms with Crippen LogP contribution in [0.15, 0.2) is 66.7 Å². The van der Waals surface area contributed by atoms with Gasteiger partial charge in [0.25, 0.3) is 0 Å². The van der Waals surface area contributed by atoms with Crippen molar-refractivity contribution in [1.29, 1.82) is 0 Å². The third-order valence-electron chi connectivity index (χ3n) is 8.95. The Morgan fingerprint density at radius 2 is 1.48 bits per heavy atom. The van der Waals surface area contributed by atoms with Crippen LogP contribution in [-0.4, -0.2) is 23.8 Å². The first-order valence-corrected chi connectivity index (χ1v) is 14.5. The molecule has 3 aliphatic heterocycles. The first kappa shape index (κ1) is 25.2. The van der Waals surface area contributed by atoms with Gasteiger partial charge in [-0.1, -0.05) is 48.0 Å². The number of rotatable bonds is 4. The first-order chi connectivity index (χ1) is 19.3. The molecule has 0 amide bonds. The Balaban J connectivity index is 1.43. The smallest absolute Gasteiger partial charge is 0.178 e. The maximum atomic E-state index is 10.5. The second kappa shape index (κ2) is 9.14. The minimum Gasteiger partial charge on any atom is -0.487 e. The van der Waals surface area contributed by atoms with E-state index in [0.717, 1.165) is 64.0 Å². The van der Waals surface area contributed by atoms with Gasteiger partial charge in [-0.15, -0.1) is 0 Å². The molecule has 0 radical (unpaired) electrons. The highest BCUT2D eigenvalue weighted by Gasteiger charge is 2.40. The molecule has 0 aliphatic carbocycles. The van der Waals surface area contributed by atoms with Crippen LogP contribution < -0.4 is 14.4 Å². The van der Waals surface area contributed by atoms with Crippen LogP contribution in [0.1, 0.15) is 65.6 Å². The van der Waals surface area contributed by atoms with E-state index in [-0.39, 0.29) is 12.2 Å². The molecular weight excluding hydrogens is 494 g/mol. The highest BCUT2D eigenvalue weighted by molar-refractivity contribution is 5.99. The number of aliphatic hydroxyl groups excluding tert-OH is 1. The van der Waals surface area contributed by atoms with Crippen LogP contribution in [0.3, 0.4) is 0 Å². The summed E-state index contributed by atoms with van der Waals surface area (Å²) in [6, 6.07) is 21.9. The average Bonchev–Trinajstić information content (AvgIpc) is 3.61. The van der Waals surface area contributed by atoms with Crippen LogP contribution in [-0.2, 0) is 18.6 Å². The quantitative estimate of drug-likeness (QED) is 0.294. The molecule has 1 unspecified atom stereocenters. The summed E-state index contributed by atoms with van der Waals surface area (Å²) in [7, 11) is 0. The van der Waals surface area contributed by atoms with Crippen molar-refractivity contribution in [2.45, 2.75) is 64.8 Å². The first-order valence-electron chi connectivity index (χ1n) is 14.5. The molecule has 4 aromatic carbocycles. The van der Waals surface area contributed by atoms with Gasteiger partial charge in [0.15, 0.2) is 5.60 Å². The van der Waals surface area contributed by atoms with Crippen molar-refractivity contribution in [3.8, 4) is 11.5 Å². The molecule has 40 heavy (non-hydrogen) atoms. The van der Waals surface area contributed by atoms with Gasteiger partial charge in [0.2, 0.25) is 0 Å². The van der Waals surface area contributed by atoms with Gasteiger partial charge >= 0.3 is 0 Å². The lowest BCUT2D eigenvalue weighted by molar-refractivity contribution is 0.140. The Morgan fingerprint density at radius 1 is 0.825 bits per heavy atom. The molecule has 3 heterocycles. The van der Waals surface area contributed by atoms with Crippen LogP contribution in [0.5, 0.6) is 11.5 Å². The molecule has 1 N–H and O–H groups in total. The molecule has 4 aromatic rings. The number of ether oxygens (including phenoxy) is 2. The van der Waals surface area contributed by atoms with Crippen LogP contribution in [0.2, 0.25) is 0 Å². The number of hydrogen-bond acceptors (Lipinski definition) is 4. The monoisotopic (exact) mass is 531 g/mol. The minimum atomic E-state index is -0.807. The summed E-state index contributed by atoms with van der Waals surface area (Å²) in [5.41, 5.74) is 7.80. The van der Waals surface area contributed by atoms with Gasteiger partial charge in [-0.2, -0.15) is 0 Å². The maximum Gasteiger partial charge on any atom is 0.178 e. The molecule has 4 nitrogen and oxygen atoms in total. The van der Waals surface area contributed by atoms with E-state index in [9.17, 15) is 5.11 Å². The lowest BCUT2D eigenvalue weighted by atomic mass is 9.82. The lowest BCUT2D eigenvalue weighted by Gasteiger charge is -2.37. The fraction of sp³-hybridized carbons (Fsp3) is 0.333. The van der Waals surface area contributed by atoms with Gasteiger partial charge in [0.1, 0.15) is 17.1 Å². The van der Waals surface area contributed by atoms with E-state index < -0.39 is 5.60 Å². The highest BCUT2D eigenvalue weighted by atomic mass is 16.5. The molecular formula is C36H37NO3. The van der Waals surface area contributed by atoms with Gasteiger partial charge in [-0.3, -0.25) is 0 Å². The third kappa shape index (κ3) is 3.92. The van der Waals surface area contributed by atoms with E-state index in [1.54, 1.807) is 0 Å². The number of nitrogens with zero attached hydrogens (tertiary/aromatic N) is 1. The molecule has 0 spiro atoms. The summed E-state index contributed by atoms with van der Waals surface area (Å²) in [4.78, 5) is 2.46. The number of hydrogen-bond donors (Lipinski definition) is 1. The fourth-order valence-corrected chi connectivity index (χ4v) is 6.79. The Morgan fingerprint density at radius 3 is 2.15 bits per heavy atom. The van der Waals surface area contributed by atoms with Crippen LogP contribution in [0, 0.1) is 13.8 Å². The molecule has 3 aliphatic rings. The summed E-state index contributed by atoms with van der Waals surface area (Å²) in [6.07, 6.45) is 7.68. The average molecular weight is 532 g/mol. The Hall–Kier alpha value is -3.76. The molecule has 204 valence electrons. The summed E-state index contributed by atoms with van der Waals surface area (Å²) in [6.45, 7) is 10.7. The van der Waals surface area contributed by atoms with E-state index >= 15 is 0 Å². The zero-order chi connectivity index (χ0) is 27.6. The van der Waals surface area contributed by atoms with Crippen molar-refractivity contribution in [2.75, 3.05) is 18.0 Å². The molecule has 4 heteroatoms. The summed E-state index contributed by atoms with van der Waals surface area (Å²) in [5.74, 6) is 1.72. The largest absolute Gasteiger partial charge is 0.487 e. The van der Waals surface area contributed by atoms with Gasteiger partial charge in [0, 0.05) is 58.2 Å². The zero-order valence-corrected chi connectivity index (χ0v) is 23.9. The van der Waals surface area contributed by atoms with Crippen molar-refractivity contribution < 1.29 is 14.6 Å². The summed E-state index contributed by atoms with van der Waals surface area (Å²) in [5, 5.41) is 12.5. The SMILES string of the molecule is Cc1ccc(C2(c3ccc(N4CCCC4)cc3)C=Cc3c(CO)cc4c5c(c(C)cc4c3O2)CC(C)(C)O5)cc1. The van der Waals surface area contributed by atoms with E-state index in [2.05, 4.69) is 105 Å². The van der Waals surface area contributed by atoms with Crippen molar-refractivity contribution in [2.24, 2.45) is 0 Å². The number of anilines is 1. The number of aryl methyl sites for hydroxylation is 2. The van der Waals surface area contributed by atoms with Gasteiger partial charge in [-0.25, -0.2) is 0 Å². The standard InChI is InChI=1S/C36H37NO3/c1-23-7-9-26(10-8-23)36(27-11-13-28(14-12-27)37-17-5-6-18-37)16-15-29-25(22-38)20-31-30(33(29)40-36)19-24(2)32-21-35(3,4)39-34(31)32/h7-16,19-20,38H,5-6,17-18,21-22H2,1-4H3. The minimum absolute atomic E-state index is 0.0694. The van der Waals surface area contributed by atoms with E-state index in [1.165, 1.54) is 35.2 Å². The molecule has 0 saturated carbocycles. The van der Waals surface area contributed by atoms with Crippen molar-refractivity contribution in [1.82, 2.24) is 0 Å². The molecule has 7 rings (SSSR count). The van der Waals surface area contributed by atoms with Gasteiger partial charge in [-0.05, 0) is 82.0 Å². The van der Waals surface area contributed by atoms with Crippen LogP contribution >= 0.6 is 0 Å². The zero-order valence-electron chi connectivity index (χ0n) is 23.9. The lowest BCUT2D eigenvalue weighted by Crippen LogP contribution is -2.34. The summed E-state index contributed by atoms with van der Waals surface area (Å²) < 4.78 is 13.8. The van der Waals surface area contributed by atoms with Crippen molar-refractivity contribution in [3.05, 3.63) is 106 Å². The van der Waals surface area contributed by atoms with Crippen molar-refractivity contribution >= 4 is 22.5 Å². The Labute approximate surface area is 236 Å². The maximum absolute atomic E-state index is 10.5. The molecule has 1 saturated heterocycles. The molecule has 1 fully saturated rings. The topological polar surface area (TPSA) is 41.9 Å². The van der Waals surface area contributed by atoms with E-state index in [4.69, 9.17) is 9.47 Å². The number of aliphatic hydroxyl groups is 1. The number of benzene rings is 4. The predicted molar refractivity (Wildman–Crippen MR) is 163 cm³/mol. The second-order valence-electron chi connectivity index (χ2n) is 12.3. The summed E-state index contributed by atoms with van der Waals surface area (Å²) >= 11 is 0. The molecule has 1 atom stereocenters. The molecule has 0 bridgehead atoms. The van der Waals surface area contributed by atoms with Gasteiger partial charge < -0.3 is 19.5 Å². The predicted octanol–water partition coefficient (Wildman–Crippen LogP) is 7.61. The number of fused-ring (bicyclic) bond motifs is 5. The van der Waals surface area contributed by atoms with Crippen molar-refractivity contribution in [3.63, 3.8) is 0 Å². The van der Waals surface area contributed by atoms with Crippen LogP contribution in [0.4, 0.5) is 5.69 Å². The normalized spacial score (nSPS) is 20.8. The third-order valence-corrected chi connectivity index (χ3v) is 8.95. The van der Waals surface area contributed by atoms with E-state index in [1.807, 2.05) is 0 Å². The Kier molecular flexibility index (Phi) is 5.76.